The van der Waals surface area contributed by atoms with Gasteiger partial charge in [-0.25, -0.2) is 0 Å². The van der Waals surface area contributed by atoms with Crippen LogP contribution in [0.15, 0.2) is 53.6 Å². The Bertz CT molecular complexity index is 1110. The van der Waals surface area contributed by atoms with Crippen molar-refractivity contribution >= 4 is 5.69 Å². The molecule has 168 valence electrons. The monoisotopic (exact) mass is 438 g/mol. The molecule has 2 aliphatic heterocycles. The first-order valence-corrected chi connectivity index (χ1v) is 11.0. The van der Waals surface area contributed by atoms with Gasteiger partial charge in [-0.3, -0.25) is 10.1 Å². The zero-order chi connectivity index (χ0) is 22.4. The Labute approximate surface area is 185 Å². The predicted octanol–water partition coefficient (Wildman–Crippen LogP) is 2.07. The van der Waals surface area contributed by atoms with Gasteiger partial charge < -0.3 is 24.6 Å². The molecule has 0 aromatic heterocycles. The fourth-order valence-corrected chi connectivity index (χ4v) is 7.20. The predicted molar refractivity (Wildman–Crippen MR) is 115 cm³/mol. The van der Waals surface area contributed by atoms with Crippen LogP contribution in [0, 0.1) is 21.4 Å². The van der Waals surface area contributed by atoms with Gasteiger partial charge in [0, 0.05) is 23.4 Å². The van der Waals surface area contributed by atoms with E-state index in [0.29, 0.717) is 5.75 Å². The standard InChI is InChI=1S/C24H26N2O6/c1-25-11-10-23-14-7-8-17(27)22(23)32-24(19(28)9-6-13(21(23)24)12-16(14)25)20-15(26(29)30)4-3-5-18(20)31-2/h3-9,14,16-17,19,22,27-28H,10-12H2,1-2H3/t14-,16+,17-,19?,22-,23-,24?/m0/s1. The van der Waals surface area contributed by atoms with Crippen LogP contribution in [0.2, 0.25) is 0 Å². The fourth-order valence-electron chi connectivity index (χ4n) is 7.20. The third-order valence-corrected chi connectivity index (χ3v) is 8.38. The number of aliphatic hydroxyl groups excluding tert-OH is 2. The minimum atomic E-state index is -1.49. The molecule has 2 unspecified atom stereocenters. The van der Waals surface area contributed by atoms with Crippen LogP contribution in [0.4, 0.5) is 5.69 Å². The molecule has 2 fully saturated rings. The number of hydrogen-bond donors (Lipinski definition) is 2. The van der Waals surface area contributed by atoms with Crippen molar-refractivity contribution in [3.05, 3.63) is 69.3 Å². The number of hydrogen-bond acceptors (Lipinski definition) is 7. The van der Waals surface area contributed by atoms with Gasteiger partial charge in [0.25, 0.3) is 5.69 Å². The van der Waals surface area contributed by atoms with Gasteiger partial charge in [-0.05, 0) is 43.6 Å². The lowest BCUT2D eigenvalue weighted by Gasteiger charge is -2.58. The molecular weight excluding hydrogens is 412 g/mol. The molecule has 2 bridgehead atoms. The first-order valence-electron chi connectivity index (χ1n) is 11.0. The smallest absolute Gasteiger partial charge is 0.279 e. The average molecular weight is 438 g/mol. The number of nitro groups is 1. The van der Waals surface area contributed by atoms with E-state index in [1.165, 1.54) is 13.2 Å². The quantitative estimate of drug-likeness (QED) is 0.423. The highest BCUT2D eigenvalue weighted by molar-refractivity contribution is 5.64. The van der Waals surface area contributed by atoms with Crippen molar-refractivity contribution in [1.82, 2.24) is 4.90 Å². The molecule has 0 saturated carbocycles. The highest BCUT2D eigenvalue weighted by atomic mass is 16.6. The largest absolute Gasteiger partial charge is 0.496 e. The Kier molecular flexibility index (Phi) is 4.09. The van der Waals surface area contributed by atoms with Crippen LogP contribution < -0.4 is 4.74 Å². The molecule has 8 heteroatoms. The molecule has 2 saturated heterocycles. The van der Waals surface area contributed by atoms with Crippen LogP contribution in [0.1, 0.15) is 18.4 Å². The lowest BCUT2D eigenvalue weighted by atomic mass is 9.50. The maximum absolute atomic E-state index is 12.1. The summed E-state index contributed by atoms with van der Waals surface area (Å²) in [5.41, 5.74) is -0.0443. The number of rotatable bonds is 3. The first kappa shape index (κ1) is 20.1. The van der Waals surface area contributed by atoms with Gasteiger partial charge in [0.1, 0.15) is 17.4 Å². The summed E-state index contributed by atoms with van der Waals surface area (Å²) < 4.78 is 12.3. The normalized spacial score (nSPS) is 41.6. The van der Waals surface area contributed by atoms with E-state index < -0.39 is 34.3 Å². The number of nitrogens with zero attached hydrogens (tertiary/aromatic N) is 2. The van der Waals surface area contributed by atoms with Gasteiger partial charge >= 0.3 is 0 Å². The molecule has 2 heterocycles. The van der Waals surface area contributed by atoms with Crippen LogP contribution in [0.25, 0.3) is 0 Å². The molecule has 1 aromatic rings. The molecule has 0 radical (unpaired) electrons. The van der Waals surface area contributed by atoms with E-state index >= 15 is 0 Å². The number of aliphatic hydroxyl groups is 2. The number of ether oxygens (including phenoxy) is 2. The Morgan fingerprint density at radius 1 is 1.28 bits per heavy atom. The van der Waals surface area contributed by atoms with E-state index in [-0.39, 0.29) is 23.2 Å². The molecule has 2 N–H and O–H groups in total. The average Bonchev–Trinajstić information content (AvgIpc) is 3.11. The Morgan fingerprint density at radius 2 is 2.09 bits per heavy atom. The lowest BCUT2D eigenvalue weighted by molar-refractivity contribution is -0.387. The number of likely N-dealkylation sites (tertiary alicyclic amines) is 1. The highest BCUT2D eigenvalue weighted by Gasteiger charge is 2.73. The molecule has 32 heavy (non-hydrogen) atoms. The number of benzene rings is 1. The highest BCUT2D eigenvalue weighted by Crippen LogP contribution is 2.70. The Morgan fingerprint density at radius 3 is 2.84 bits per heavy atom. The number of piperidine rings is 1. The second kappa shape index (κ2) is 6.51. The summed E-state index contributed by atoms with van der Waals surface area (Å²) in [7, 11) is 3.58. The number of nitro benzene ring substituents is 1. The molecule has 1 aromatic carbocycles. The van der Waals surface area contributed by atoms with Crippen LogP contribution >= 0.6 is 0 Å². The third kappa shape index (κ3) is 2.16. The summed E-state index contributed by atoms with van der Waals surface area (Å²) >= 11 is 0. The lowest BCUT2D eigenvalue weighted by Crippen LogP contribution is -2.62. The zero-order valence-electron chi connectivity index (χ0n) is 18.0. The molecule has 3 aliphatic carbocycles. The van der Waals surface area contributed by atoms with Crippen molar-refractivity contribution in [2.24, 2.45) is 11.3 Å². The van der Waals surface area contributed by atoms with Gasteiger partial charge in [-0.1, -0.05) is 30.4 Å². The van der Waals surface area contributed by atoms with Gasteiger partial charge in [0.2, 0.25) is 0 Å². The van der Waals surface area contributed by atoms with E-state index in [1.54, 1.807) is 24.3 Å². The fraction of sp³-hybridized carbons (Fsp3) is 0.500. The second-order valence-electron chi connectivity index (χ2n) is 9.53. The molecule has 6 rings (SSSR count). The van der Waals surface area contributed by atoms with Crippen LogP contribution in [0.5, 0.6) is 5.75 Å². The third-order valence-electron chi connectivity index (χ3n) is 8.38. The SMILES string of the molecule is COc1cccc([N+](=O)[O-])c1C12O[C@H]3[C@@H](O)C=C[C@H]4[C@H]5CC(=C1[C@]43CCN5C)C=CC2O. The van der Waals surface area contributed by atoms with Crippen molar-refractivity contribution in [1.29, 1.82) is 0 Å². The van der Waals surface area contributed by atoms with Gasteiger partial charge in [0.05, 0.1) is 24.2 Å². The van der Waals surface area contributed by atoms with E-state index in [4.69, 9.17) is 9.47 Å². The summed E-state index contributed by atoms with van der Waals surface area (Å²) in [4.78, 5) is 14.0. The molecule has 0 amide bonds. The summed E-state index contributed by atoms with van der Waals surface area (Å²) in [6.07, 6.45) is 6.34. The Hall–Kier alpha value is -2.52. The van der Waals surface area contributed by atoms with E-state index in [0.717, 1.165) is 30.5 Å². The van der Waals surface area contributed by atoms with Crippen molar-refractivity contribution in [2.45, 2.75) is 42.8 Å². The van der Waals surface area contributed by atoms with E-state index in [9.17, 15) is 20.3 Å². The van der Waals surface area contributed by atoms with Gasteiger partial charge in [0.15, 0.2) is 5.60 Å². The van der Waals surface area contributed by atoms with E-state index in [1.807, 2.05) is 6.08 Å². The van der Waals surface area contributed by atoms with Crippen molar-refractivity contribution < 1.29 is 24.6 Å². The van der Waals surface area contributed by atoms with Crippen molar-refractivity contribution in [3.63, 3.8) is 0 Å². The summed E-state index contributed by atoms with van der Waals surface area (Å²) in [6.45, 7) is 0.822. The minimum Gasteiger partial charge on any atom is -0.496 e. The van der Waals surface area contributed by atoms with Crippen LogP contribution in [0.3, 0.4) is 0 Å². The van der Waals surface area contributed by atoms with Crippen molar-refractivity contribution in [2.75, 3.05) is 20.7 Å². The molecule has 5 aliphatic rings. The Balaban J connectivity index is 1.71. The first-order chi connectivity index (χ1) is 15.4. The second-order valence-corrected chi connectivity index (χ2v) is 9.53. The van der Waals surface area contributed by atoms with Gasteiger partial charge in [-0.15, -0.1) is 0 Å². The minimum absolute atomic E-state index is 0.0859. The maximum Gasteiger partial charge on any atom is 0.279 e. The number of allylic oxidation sites excluding steroid dienone is 1. The summed E-state index contributed by atoms with van der Waals surface area (Å²) in [6, 6.07) is 4.90. The zero-order valence-corrected chi connectivity index (χ0v) is 18.0. The van der Waals surface area contributed by atoms with Crippen LogP contribution in [-0.4, -0.2) is 65.1 Å². The molecule has 8 nitrogen and oxygen atoms in total. The summed E-state index contributed by atoms with van der Waals surface area (Å²) in [5.74, 6) is 0.382. The molecule has 1 spiro atoms. The van der Waals surface area contributed by atoms with Crippen molar-refractivity contribution in [3.8, 4) is 5.75 Å². The summed E-state index contributed by atoms with van der Waals surface area (Å²) in [5, 5.41) is 34.7. The van der Waals surface area contributed by atoms with Gasteiger partial charge in [-0.2, -0.15) is 0 Å². The molecular formula is C24H26N2O6. The number of methoxy groups -OCH3 is 1. The van der Waals surface area contributed by atoms with E-state index in [2.05, 4.69) is 18.0 Å². The van der Waals surface area contributed by atoms with Crippen LogP contribution in [-0.2, 0) is 10.3 Å². The molecule has 7 atom stereocenters. The maximum atomic E-state index is 12.1. The topological polar surface area (TPSA) is 105 Å².